The van der Waals surface area contributed by atoms with Crippen molar-refractivity contribution in [2.24, 2.45) is 5.73 Å². The van der Waals surface area contributed by atoms with Crippen molar-refractivity contribution in [3.05, 3.63) is 71.3 Å². The molecule has 4 heteroatoms. The van der Waals surface area contributed by atoms with Gasteiger partial charge in [0.2, 0.25) is 5.91 Å². The molecule has 0 aliphatic heterocycles. The predicted octanol–water partition coefficient (Wildman–Crippen LogP) is 2.74. The van der Waals surface area contributed by atoms with Crippen LogP contribution in [0.4, 0.5) is 0 Å². The smallest absolute Gasteiger partial charge is 0.224 e. The summed E-state index contributed by atoms with van der Waals surface area (Å²) in [6, 6.07) is 17.3. The Morgan fingerprint density at radius 2 is 1.76 bits per heavy atom. The number of carbonyl (C=O) groups is 1. The van der Waals surface area contributed by atoms with E-state index in [2.05, 4.69) is 5.32 Å². The number of rotatable bonds is 5. The molecular weight excluding hydrogens is 280 g/mol. The van der Waals surface area contributed by atoms with Crippen molar-refractivity contribution in [3.8, 4) is 0 Å². The third-order valence-electron chi connectivity index (χ3n) is 3.28. The average molecular weight is 298 g/mol. The van der Waals surface area contributed by atoms with Gasteiger partial charge in [0.1, 0.15) is 4.99 Å². The van der Waals surface area contributed by atoms with Gasteiger partial charge in [-0.15, -0.1) is 0 Å². The van der Waals surface area contributed by atoms with Crippen LogP contribution in [0, 0.1) is 0 Å². The van der Waals surface area contributed by atoms with Crippen molar-refractivity contribution in [1.29, 1.82) is 0 Å². The first-order chi connectivity index (χ1) is 10.1. The quantitative estimate of drug-likeness (QED) is 0.835. The molecule has 0 saturated heterocycles. The van der Waals surface area contributed by atoms with Crippen LogP contribution in [0.5, 0.6) is 0 Å². The van der Waals surface area contributed by atoms with Crippen LogP contribution in [0.15, 0.2) is 54.6 Å². The first kappa shape index (κ1) is 15.2. The first-order valence-electron chi connectivity index (χ1n) is 6.79. The lowest BCUT2D eigenvalue weighted by Crippen LogP contribution is -2.28. The first-order valence-corrected chi connectivity index (χ1v) is 7.20. The summed E-state index contributed by atoms with van der Waals surface area (Å²) < 4.78 is 0. The monoisotopic (exact) mass is 298 g/mol. The molecule has 0 heterocycles. The van der Waals surface area contributed by atoms with Gasteiger partial charge in [-0.05, 0) is 18.1 Å². The summed E-state index contributed by atoms with van der Waals surface area (Å²) in [5.74, 6) is -0.00516. The van der Waals surface area contributed by atoms with E-state index in [0.29, 0.717) is 11.4 Å². The van der Waals surface area contributed by atoms with Gasteiger partial charge in [0.05, 0.1) is 12.5 Å². The molecule has 0 spiro atoms. The van der Waals surface area contributed by atoms with Crippen LogP contribution in [0.1, 0.15) is 29.7 Å². The van der Waals surface area contributed by atoms with Crippen LogP contribution in [-0.4, -0.2) is 10.9 Å². The molecule has 0 saturated carbocycles. The number of amides is 1. The predicted molar refractivity (Wildman–Crippen MR) is 89.0 cm³/mol. The zero-order chi connectivity index (χ0) is 15.2. The van der Waals surface area contributed by atoms with E-state index in [1.54, 1.807) is 0 Å². The molecule has 0 bridgehead atoms. The second-order valence-corrected chi connectivity index (χ2v) is 5.38. The fourth-order valence-electron chi connectivity index (χ4n) is 2.09. The molecule has 0 radical (unpaired) electrons. The minimum absolute atomic E-state index is 0.00501. The van der Waals surface area contributed by atoms with Crippen molar-refractivity contribution < 1.29 is 4.79 Å². The highest BCUT2D eigenvalue weighted by Gasteiger charge is 2.09. The summed E-state index contributed by atoms with van der Waals surface area (Å²) in [4.78, 5) is 12.4. The van der Waals surface area contributed by atoms with Gasteiger partial charge in [0, 0.05) is 5.56 Å². The highest BCUT2D eigenvalue weighted by Crippen LogP contribution is 2.12. The molecule has 2 aromatic carbocycles. The van der Waals surface area contributed by atoms with E-state index in [1.807, 2.05) is 61.5 Å². The third-order valence-corrected chi connectivity index (χ3v) is 3.52. The van der Waals surface area contributed by atoms with E-state index in [0.717, 1.165) is 16.7 Å². The topological polar surface area (TPSA) is 55.1 Å². The van der Waals surface area contributed by atoms with Crippen molar-refractivity contribution in [2.75, 3.05) is 0 Å². The summed E-state index contributed by atoms with van der Waals surface area (Å²) in [5.41, 5.74) is 8.39. The zero-order valence-corrected chi connectivity index (χ0v) is 12.7. The van der Waals surface area contributed by atoms with Gasteiger partial charge >= 0.3 is 0 Å². The Morgan fingerprint density at radius 3 is 2.33 bits per heavy atom. The summed E-state index contributed by atoms with van der Waals surface area (Å²) in [5, 5.41) is 2.99. The van der Waals surface area contributed by atoms with Gasteiger partial charge in [-0.25, -0.2) is 0 Å². The zero-order valence-electron chi connectivity index (χ0n) is 11.9. The van der Waals surface area contributed by atoms with E-state index in [1.165, 1.54) is 0 Å². The van der Waals surface area contributed by atoms with Crippen LogP contribution >= 0.6 is 12.2 Å². The number of thiocarbonyl (C=S) groups is 1. The fourth-order valence-corrected chi connectivity index (χ4v) is 2.23. The van der Waals surface area contributed by atoms with Crippen molar-refractivity contribution in [2.45, 2.75) is 19.4 Å². The minimum Gasteiger partial charge on any atom is -0.389 e. The Balaban J connectivity index is 1.94. The Kier molecular flexibility index (Phi) is 5.06. The molecular formula is C17H18N2OS. The maximum Gasteiger partial charge on any atom is 0.224 e. The number of hydrogen-bond acceptors (Lipinski definition) is 2. The number of carbonyl (C=O) groups excluding carboxylic acids is 1. The Bertz CT molecular complexity index is 623. The van der Waals surface area contributed by atoms with E-state index in [9.17, 15) is 4.79 Å². The Hall–Kier alpha value is -2.20. The van der Waals surface area contributed by atoms with Crippen LogP contribution in [0.3, 0.4) is 0 Å². The lowest BCUT2D eigenvalue weighted by atomic mass is 10.1. The van der Waals surface area contributed by atoms with E-state index in [-0.39, 0.29) is 11.9 Å². The van der Waals surface area contributed by atoms with E-state index >= 15 is 0 Å². The van der Waals surface area contributed by atoms with Crippen molar-refractivity contribution in [1.82, 2.24) is 5.32 Å². The van der Waals surface area contributed by atoms with Gasteiger partial charge in [-0.3, -0.25) is 4.79 Å². The van der Waals surface area contributed by atoms with Crippen LogP contribution in [-0.2, 0) is 11.2 Å². The fraction of sp³-hybridized carbons (Fsp3) is 0.176. The van der Waals surface area contributed by atoms with Gasteiger partial charge in [0.25, 0.3) is 0 Å². The third kappa shape index (κ3) is 4.39. The highest BCUT2D eigenvalue weighted by molar-refractivity contribution is 7.80. The molecule has 0 fully saturated rings. The summed E-state index contributed by atoms with van der Waals surface area (Å²) in [7, 11) is 0. The molecule has 3 nitrogen and oxygen atoms in total. The molecule has 108 valence electrons. The normalized spacial score (nSPS) is 11.7. The van der Waals surface area contributed by atoms with Crippen LogP contribution in [0.25, 0.3) is 0 Å². The molecule has 1 atom stereocenters. The molecule has 21 heavy (non-hydrogen) atoms. The summed E-state index contributed by atoms with van der Waals surface area (Å²) in [6.45, 7) is 1.98. The Labute approximate surface area is 130 Å². The Morgan fingerprint density at radius 1 is 1.14 bits per heavy atom. The largest absolute Gasteiger partial charge is 0.389 e. The lowest BCUT2D eigenvalue weighted by Gasteiger charge is -2.14. The second kappa shape index (κ2) is 6.99. The van der Waals surface area contributed by atoms with Gasteiger partial charge < -0.3 is 11.1 Å². The molecule has 0 aromatic heterocycles. The van der Waals surface area contributed by atoms with Gasteiger partial charge in [-0.2, -0.15) is 0 Å². The maximum atomic E-state index is 12.1. The number of nitrogens with one attached hydrogen (secondary N) is 1. The van der Waals surface area contributed by atoms with Crippen molar-refractivity contribution in [3.63, 3.8) is 0 Å². The average Bonchev–Trinajstić information content (AvgIpc) is 2.48. The lowest BCUT2D eigenvalue weighted by molar-refractivity contribution is -0.121. The molecule has 1 amide bonds. The molecule has 2 aromatic rings. The minimum atomic E-state index is -0.00516. The van der Waals surface area contributed by atoms with E-state index in [4.69, 9.17) is 18.0 Å². The summed E-state index contributed by atoms with van der Waals surface area (Å²) >= 11 is 4.90. The van der Waals surface area contributed by atoms with Gasteiger partial charge in [-0.1, -0.05) is 66.8 Å². The number of nitrogens with two attached hydrogens (primary N) is 1. The number of benzene rings is 2. The molecule has 0 aliphatic rings. The maximum absolute atomic E-state index is 12.1. The van der Waals surface area contributed by atoms with Crippen LogP contribution in [0.2, 0.25) is 0 Å². The number of hydrogen-bond donors (Lipinski definition) is 2. The highest BCUT2D eigenvalue weighted by atomic mass is 32.1. The standard InChI is InChI=1S/C17H18N2OS/c1-12(14-5-3-2-4-6-14)19-16(20)11-13-7-9-15(10-8-13)17(18)21/h2-10,12H,11H2,1H3,(H2,18,21)(H,19,20). The molecule has 0 aliphatic carbocycles. The van der Waals surface area contributed by atoms with Crippen LogP contribution < -0.4 is 11.1 Å². The van der Waals surface area contributed by atoms with Crippen molar-refractivity contribution >= 4 is 23.1 Å². The second-order valence-electron chi connectivity index (χ2n) is 4.94. The SMILES string of the molecule is CC(NC(=O)Cc1ccc(C(N)=S)cc1)c1ccccc1. The van der Waals surface area contributed by atoms with E-state index < -0.39 is 0 Å². The molecule has 1 unspecified atom stereocenters. The molecule has 3 N–H and O–H groups in total. The summed E-state index contributed by atoms with van der Waals surface area (Å²) in [6.07, 6.45) is 0.342. The van der Waals surface area contributed by atoms with Gasteiger partial charge in [0.15, 0.2) is 0 Å². The molecule has 2 rings (SSSR count).